The van der Waals surface area contributed by atoms with Crippen LogP contribution in [0.25, 0.3) is 11.3 Å². The number of carbonyl (C=O) groups excluding carboxylic acids is 1. The molecule has 0 saturated heterocycles. The van der Waals surface area contributed by atoms with Gasteiger partial charge in [-0.1, -0.05) is 54.1 Å². The van der Waals surface area contributed by atoms with Gasteiger partial charge in [0, 0.05) is 22.9 Å². The van der Waals surface area contributed by atoms with Gasteiger partial charge in [0.1, 0.15) is 0 Å². The van der Waals surface area contributed by atoms with Crippen LogP contribution in [0.2, 0.25) is 0 Å². The summed E-state index contributed by atoms with van der Waals surface area (Å²) >= 11 is 0. The van der Waals surface area contributed by atoms with E-state index in [-0.39, 0.29) is 5.78 Å². The average molecular weight is 287 g/mol. The number of pyridine rings is 1. The minimum absolute atomic E-state index is 0.000257. The highest BCUT2D eigenvalue weighted by Gasteiger charge is 2.10. The van der Waals surface area contributed by atoms with Gasteiger partial charge in [0.05, 0.1) is 5.69 Å². The van der Waals surface area contributed by atoms with E-state index in [2.05, 4.69) is 37.0 Å². The predicted octanol–water partition coefficient (Wildman–Crippen LogP) is 4.60. The van der Waals surface area contributed by atoms with Crippen LogP contribution in [0.5, 0.6) is 0 Å². The van der Waals surface area contributed by atoms with Crippen LogP contribution >= 0.6 is 0 Å². The molecule has 1 aromatic heterocycles. The van der Waals surface area contributed by atoms with Gasteiger partial charge >= 0.3 is 0 Å². The molecule has 0 radical (unpaired) electrons. The van der Waals surface area contributed by atoms with E-state index in [1.165, 1.54) is 11.1 Å². The van der Waals surface area contributed by atoms with Crippen LogP contribution in [0, 0.1) is 13.8 Å². The predicted molar refractivity (Wildman–Crippen MR) is 89.0 cm³/mol. The van der Waals surface area contributed by atoms with E-state index in [1.807, 2.05) is 42.5 Å². The van der Waals surface area contributed by atoms with Crippen molar-refractivity contribution >= 4 is 5.78 Å². The zero-order valence-corrected chi connectivity index (χ0v) is 12.7. The molecule has 0 amide bonds. The van der Waals surface area contributed by atoms with Crippen LogP contribution in [-0.2, 0) is 0 Å². The van der Waals surface area contributed by atoms with Crippen molar-refractivity contribution in [2.75, 3.05) is 0 Å². The van der Waals surface area contributed by atoms with Crippen molar-refractivity contribution in [2.45, 2.75) is 13.8 Å². The molecule has 0 bridgehead atoms. The van der Waals surface area contributed by atoms with Gasteiger partial charge in [-0.3, -0.25) is 9.78 Å². The van der Waals surface area contributed by atoms with Gasteiger partial charge in [-0.05, 0) is 31.5 Å². The molecule has 0 unspecified atom stereocenters. The zero-order valence-electron chi connectivity index (χ0n) is 12.7. The molecule has 0 aliphatic rings. The normalized spacial score (nSPS) is 10.5. The van der Waals surface area contributed by atoms with E-state index >= 15 is 0 Å². The van der Waals surface area contributed by atoms with Crippen LogP contribution < -0.4 is 0 Å². The molecule has 0 atom stereocenters. The van der Waals surface area contributed by atoms with Crippen molar-refractivity contribution in [2.24, 2.45) is 0 Å². The van der Waals surface area contributed by atoms with E-state index in [0.29, 0.717) is 11.1 Å². The van der Waals surface area contributed by atoms with Crippen molar-refractivity contribution in [3.63, 3.8) is 0 Å². The van der Waals surface area contributed by atoms with Gasteiger partial charge < -0.3 is 0 Å². The second-order valence-electron chi connectivity index (χ2n) is 5.45. The molecule has 0 spiro atoms. The first-order chi connectivity index (χ1) is 10.6. The lowest BCUT2D eigenvalue weighted by Gasteiger charge is -2.07. The molecule has 22 heavy (non-hydrogen) atoms. The van der Waals surface area contributed by atoms with Crippen molar-refractivity contribution in [3.8, 4) is 11.3 Å². The number of rotatable bonds is 3. The van der Waals surface area contributed by atoms with Crippen molar-refractivity contribution < 1.29 is 4.79 Å². The summed E-state index contributed by atoms with van der Waals surface area (Å²) < 4.78 is 0. The molecule has 0 fully saturated rings. The lowest BCUT2D eigenvalue weighted by molar-refractivity contribution is 0.103. The van der Waals surface area contributed by atoms with E-state index in [9.17, 15) is 4.79 Å². The number of carbonyl (C=O) groups is 1. The summed E-state index contributed by atoms with van der Waals surface area (Å²) in [5, 5.41) is 0. The molecule has 2 heteroatoms. The Bertz CT molecular complexity index is 805. The number of nitrogens with zero attached hydrogens (tertiary/aromatic N) is 1. The van der Waals surface area contributed by atoms with Crippen LogP contribution in [0.15, 0.2) is 66.9 Å². The van der Waals surface area contributed by atoms with Crippen LogP contribution in [0.1, 0.15) is 27.0 Å². The van der Waals surface area contributed by atoms with Crippen molar-refractivity contribution in [1.29, 1.82) is 0 Å². The summed E-state index contributed by atoms with van der Waals surface area (Å²) in [6.07, 6.45) is 1.66. The van der Waals surface area contributed by atoms with Crippen LogP contribution in [-0.4, -0.2) is 10.8 Å². The molecule has 1 heterocycles. The lowest BCUT2D eigenvalue weighted by Crippen LogP contribution is -2.01. The molecule has 0 N–H and O–H groups in total. The standard InChI is InChI=1S/C20H17NO/c1-14-8-10-18(15(2)12-14)19-11-9-17(13-21-19)20(22)16-6-4-3-5-7-16/h3-13H,1-2H3. The van der Waals surface area contributed by atoms with Crippen LogP contribution in [0.4, 0.5) is 0 Å². The van der Waals surface area contributed by atoms with Gasteiger partial charge in [0.25, 0.3) is 0 Å². The SMILES string of the molecule is Cc1ccc(-c2ccc(C(=O)c3ccccc3)cn2)c(C)c1. The Kier molecular flexibility index (Phi) is 3.84. The fourth-order valence-corrected chi connectivity index (χ4v) is 2.54. The Labute approximate surface area is 130 Å². The molecule has 108 valence electrons. The highest BCUT2D eigenvalue weighted by Crippen LogP contribution is 2.23. The number of benzene rings is 2. The number of ketones is 1. The third kappa shape index (κ3) is 2.82. The largest absolute Gasteiger partial charge is 0.289 e. The first-order valence-electron chi connectivity index (χ1n) is 7.28. The molecular weight excluding hydrogens is 270 g/mol. The zero-order chi connectivity index (χ0) is 15.5. The van der Waals surface area contributed by atoms with Crippen LogP contribution in [0.3, 0.4) is 0 Å². The number of aryl methyl sites for hydroxylation is 2. The second-order valence-corrected chi connectivity index (χ2v) is 5.45. The Balaban J connectivity index is 1.91. The van der Waals surface area contributed by atoms with Gasteiger partial charge in [-0.2, -0.15) is 0 Å². The summed E-state index contributed by atoms with van der Waals surface area (Å²) in [4.78, 5) is 16.8. The Morgan fingerprint density at radius 1 is 0.864 bits per heavy atom. The second kappa shape index (κ2) is 5.94. The number of hydrogen-bond acceptors (Lipinski definition) is 2. The first kappa shape index (κ1) is 14.2. The Morgan fingerprint density at radius 2 is 1.64 bits per heavy atom. The van der Waals surface area contributed by atoms with Gasteiger partial charge in [-0.25, -0.2) is 0 Å². The van der Waals surface area contributed by atoms with Gasteiger partial charge in [0.2, 0.25) is 0 Å². The molecule has 0 aliphatic carbocycles. The fraction of sp³-hybridized carbons (Fsp3) is 0.100. The van der Waals surface area contributed by atoms with Crippen molar-refractivity contribution in [3.05, 3.63) is 89.1 Å². The highest BCUT2D eigenvalue weighted by atomic mass is 16.1. The molecule has 0 aliphatic heterocycles. The molecule has 3 rings (SSSR count). The molecule has 2 nitrogen and oxygen atoms in total. The summed E-state index contributed by atoms with van der Waals surface area (Å²) in [6, 6.07) is 19.3. The topological polar surface area (TPSA) is 30.0 Å². The summed E-state index contributed by atoms with van der Waals surface area (Å²) in [7, 11) is 0. The number of hydrogen-bond donors (Lipinski definition) is 0. The number of aromatic nitrogens is 1. The minimum atomic E-state index is 0.000257. The van der Waals surface area contributed by atoms with E-state index < -0.39 is 0 Å². The van der Waals surface area contributed by atoms with Gasteiger partial charge in [0.15, 0.2) is 5.78 Å². The molecule has 0 saturated carbocycles. The highest BCUT2D eigenvalue weighted by molar-refractivity contribution is 6.08. The smallest absolute Gasteiger partial charge is 0.194 e. The van der Waals surface area contributed by atoms with Gasteiger partial charge in [-0.15, -0.1) is 0 Å². The summed E-state index contributed by atoms with van der Waals surface area (Å²) in [6.45, 7) is 4.15. The van der Waals surface area contributed by atoms with E-state index in [0.717, 1.165) is 11.3 Å². The maximum atomic E-state index is 12.4. The monoisotopic (exact) mass is 287 g/mol. The quantitative estimate of drug-likeness (QED) is 0.659. The maximum Gasteiger partial charge on any atom is 0.194 e. The maximum absolute atomic E-state index is 12.4. The third-order valence-electron chi connectivity index (χ3n) is 3.72. The molecule has 3 aromatic rings. The first-order valence-corrected chi connectivity index (χ1v) is 7.28. The average Bonchev–Trinajstić information content (AvgIpc) is 2.55. The summed E-state index contributed by atoms with van der Waals surface area (Å²) in [5.74, 6) is 0.000257. The van der Waals surface area contributed by atoms with Crippen molar-refractivity contribution in [1.82, 2.24) is 4.98 Å². The molecular formula is C20H17NO. The fourth-order valence-electron chi connectivity index (χ4n) is 2.54. The minimum Gasteiger partial charge on any atom is -0.289 e. The third-order valence-corrected chi connectivity index (χ3v) is 3.72. The Hall–Kier alpha value is -2.74. The van der Waals surface area contributed by atoms with E-state index in [4.69, 9.17) is 0 Å². The van der Waals surface area contributed by atoms with E-state index in [1.54, 1.807) is 6.20 Å². The Morgan fingerprint density at radius 3 is 2.27 bits per heavy atom. The molecule has 2 aromatic carbocycles. The summed E-state index contributed by atoms with van der Waals surface area (Å²) in [5.41, 5.74) is 5.71. The lowest BCUT2D eigenvalue weighted by atomic mass is 10.0.